The lowest BCUT2D eigenvalue weighted by molar-refractivity contribution is -0.127. The topological polar surface area (TPSA) is 35.9 Å². The van der Waals surface area contributed by atoms with Crippen LogP contribution in [0.3, 0.4) is 0 Å². The summed E-state index contributed by atoms with van der Waals surface area (Å²) < 4.78 is 0. The van der Waals surface area contributed by atoms with E-state index in [0.717, 1.165) is 12.4 Å². The van der Waals surface area contributed by atoms with Gasteiger partial charge >= 0.3 is 0 Å². The van der Waals surface area contributed by atoms with Gasteiger partial charge in [-0.1, -0.05) is 34.1 Å². The van der Waals surface area contributed by atoms with Gasteiger partial charge in [0.15, 0.2) is 0 Å². The summed E-state index contributed by atoms with van der Waals surface area (Å²) in [6.07, 6.45) is 4.52. The van der Waals surface area contributed by atoms with E-state index in [1.54, 1.807) is 11.9 Å². The molecule has 0 radical (unpaired) electrons. The molecule has 2 heterocycles. The van der Waals surface area contributed by atoms with Gasteiger partial charge in [0.05, 0.1) is 12.5 Å². The Bertz CT molecular complexity index is 296. The summed E-state index contributed by atoms with van der Waals surface area (Å²) in [5, 5.41) is 0. The summed E-state index contributed by atoms with van der Waals surface area (Å²) in [6.45, 7) is 13.2. The van der Waals surface area contributed by atoms with Crippen molar-refractivity contribution in [2.24, 2.45) is 4.99 Å². The highest BCUT2D eigenvalue weighted by molar-refractivity contribution is 5.98. The molecule has 0 bridgehead atoms. The van der Waals surface area contributed by atoms with Crippen LogP contribution in [0.5, 0.6) is 0 Å². The molecule has 0 N–H and O–H groups in total. The van der Waals surface area contributed by atoms with Crippen molar-refractivity contribution in [3.05, 3.63) is 0 Å². The van der Waals surface area contributed by atoms with E-state index < -0.39 is 0 Å². The number of piperidine rings is 1. The lowest BCUT2D eigenvalue weighted by Gasteiger charge is -2.32. The summed E-state index contributed by atoms with van der Waals surface area (Å²) in [5.74, 6) is 1.06. The van der Waals surface area contributed by atoms with Crippen LogP contribution in [-0.4, -0.2) is 54.3 Å². The average Bonchev–Trinajstić information content (AvgIpc) is 2.50. The van der Waals surface area contributed by atoms with Crippen LogP contribution in [0.1, 0.15) is 60.3 Å². The number of amides is 1. The molecular weight excluding hydrogens is 250 g/mol. The number of likely N-dealkylation sites (tertiary alicyclic amines) is 1. The second kappa shape index (κ2) is 10.8. The van der Waals surface area contributed by atoms with Gasteiger partial charge < -0.3 is 9.80 Å². The summed E-state index contributed by atoms with van der Waals surface area (Å²) in [7, 11) is 1.80. The van der Waals surface area contributed by atoms with Gasteiger partial charge in [-0.15, -0.1) is 0 Å². The van der Waals surface area contributed by atoms with Gasteiger partial charge in [0.2, 0.25) is 5.91 Å². The Hall–Kier alpha value is -0.900. The smallest absolute Gasteiger partial charge is 0.229 e. The van der Waals surface area contributed by atoms with Crippen molar-refractivity contribution >= 4 is 11.7 Å². The molecule has 2 aliphatic rings. The second-order valence-corrected chi connectivity index (χ2v) is 4.85. The van der Waals surface area contributed by atoms with Crippen molar-refractivity contribution in [2.45, 2.75) is 66.3 Å². The molecule has 118 valence electrons. The standard InChI is InChI=1S/C12H21N3O.2C2H6/c1-10-13-11(8-12(16)14(10)2)9-15-6-4-3-5-7-15;2*1-2/h11H,3-9H2,1-2H3;2*1-2H3. The van der Waals surface area contributed by atoms with Gasteiger partial charge in [0.25, 0.3) is 0 Å². The Morgan fingerprint density at radius 3 is 2.15 bits per heavy atom. The summed E-state index contributed by atoms with van der Waals surface area (Å²) >= 11 is 0. The van der Waals surface area contributed by atoms with E-state index in [9.17, 15) is 4.79 Å². The van der Waals surface area contributed by atoms with E-state index in [0.29, 0.717) is 6.42 Å². The molecule has 1 atom stereocenters. The molecule has 0 aromatic heterocycles. The van der Waals surface area contributed by atoms with E-state index in [2.05, 4.69) is 9.89 Å². The van der Waals surface area contributed by atoms with Gasteiger partial charge in [0.1, 0.15) is 5.84 Å². The highest BCUT2D eigenvalue weighted by atomic mass is 16.2. The summed E-state index contributed by atoms with van der Waals surface area (Å²) in [5.41, 5.74) is 0. The first-order chi connectivity index (χ1) is 9.66. The fraction of sp³-hybridized carbons (Fsp3) is 0.875. The van der Waals surface area contributed by atoms with E-state index in [1.165, 1.54) is 32.4 Å². The average molecular weight is 283 g/mol. The minimum atomic E-state index is 0.182. The van der Waals surface area contributed by atoms with Crippen LogP contribution in [0.15, 0.2) is 4.99 Å². The molecule has 0 aromatic carbocycles. The number of nitrogens with zero attached hydrogens (tertiary/aromatic N) is 3. The lowest BCUT2D eigenvalue weighted by Crippen LogP contribution is -2.43. The van der Waals surface area contributed by atoms with Gasteiger partial charge in [-0.3, -0.25) is 9.79 Å². The van der Waals surface area contributed by atoms with Crippen LogP contribution in [0.25, 0.3) is 0 Å². The Morgan fingerprint density at radius 1 is 1.10 bits per heavy atom. The van der Waals surface area contributed by atoms with Gasteiger partial charge in [0, 0.05) is 13.6 Å². The molecule has 0 spiro atoms. The van der Waals surface area contributed by atoms with Crippen molar-refractivity contribution in [2.75, 3.05) is 26.7 Å². The van der Waals surface area contributed by atoms with E-state index >= 15 is 0 Å². The van der Waals surface area contributed by atoms with Crippen LogP contribution in [0.4, 0.5) is 0 Å². The highest BCUT2D eigenvalue weighted by Crippen LogP contribution is 2.15. The molecule has 0 saturated carbocycles. The van der Waals surface area contributed by atoms with Gasteiger partial charge in [-0.05, 0) is 32.9 Å². The second-order valence-electron chi connectivity index (χ2n) is 4.85. The first kappa shape index (κ1) is 19.1. The third kappa shape index (κ3) is 6.04. The van der Waals surface area contributed by atoms with Crippen LogP contribution >= 0.6 is 0 Å². The molecule has 0 aliphatic carbocycles. The highest BCUT2D eigenvalue weighted by Gasteiger charge is 2.25. The van der Waals surface area contributed by atoms with Crippen LogP contribution in [0.2, 0.25) is 0 Å². The monoisotopic (exact) mass is 283 g/mol. The number of carbonyl (C=O) groups is 1. The third-order valence-electron chi connectivity index (χ3n) is 3.56. The van der Waals surface area contributed by atoms with Crippen LogP contribution < -0.4 is 0 Å². The van der Waals surface area contributed by atoms with E-state index in [-0.39, 0.29) is 11.9 Å². The fourth-order valence-corrected chi connectivity index (χ4v) is 2.46. The van der Waals surface area contributed by atoms with E-state index in [4.69, 9.17) is 0 Å². The fourth-order valence-electron chi connectivity index (χ4n) is 2.46. The maximum Gasteiger partial charge on any atom is 0.229 e. The Balaban J connectivity index is 0.000000829. The van der Waals surface area contributed by atoms with Crippen molar-refractivity contribution in [3.8, 4) is 0 Å². The largest absolute Gasteiger partial charge is 0.304 e. The Morgan fingerprint density at radius 2 is 1.65 bits per heavy atom. The van der Waals surface area contributed by atoms with Crippen LogP contribution in [0, 0.1) is 0 Å². The summed E-state index contributed by atoms with van der Waals surface area (Å²) in [4.78, 5) is 20.4. The SMILES string of the molecule is CC.CC.CC1=NC(CN2CCCCC2)CC(=O)N1C. The first-order valence-corrected chi connectivity index (χ1v) is 8.20. The predicted octanol–water partition coefficient (Wildman–Crippen LogP) is 3.17. The van der Waals surface area contributed by atoms with Crippen molar-refractivity contribution in [1.29, 1.82) is 0 Å². The van der Waals surface area contributed by atoms with Gasteiger partial charge in [-0.25, -0.2) is 0 Å². The number of rotatable bonds is 2. The molecule has 20 heavy (non-hydrogen) atoms. The maximum absolute atomic E-state index is 11.7. The molecule has 2 aliphatic heterocycles. The zero-order valence-corrected chi connectivity index (χ0v) is 14.3. The molecule has 1 amide bonds. The first-order valence-electron chi connectivity index (χ1n) is 8.20. The number of carbonyl (C=O) groups excluding carboxylic acids is 1. The third-order valence-corrected chi connectivity index (χ3v) is 3.56. The van der Waals surface area contributed by atoms with Crippen molar-refractivity contribution in [1.82, 2.24) is 9.80 Å². The lowest BCUT2D eigenvalue weighted by atomic mass is 10.1. The molecule has 4 nitrogen and oxygen atoms in total. The minimum Gasteiger partial charge on any atom is -0.304 e. The molecular formula is C16H33N3O. The minimum absolute atomic E-state index is 0.182. The Labute approximate surface area is 125 Å². The quantitative estimate of drug-likeness (QED) is 0.780. The van der Waals surface area contributed by atoms with Crippen molar-refractivity contribution in [3.63, 3.8) is 0 Å². The molecule has 1 fully saturated rings. The zero-order chi connectivity index (χ0) is 15.5. The van der Waals surface area contributed by atoms with E-state index in [1.807, 2.05) is 34.6 Å². The van der Waals surface area contributed by atoms with Gasteiger partial charge in [-0.2, -0.15) is 0 Å². The summed E-state index contributed by atoms with van der Waals surface area (Å²) in [6, 6.07) is 0.182. The number of hydrogen-bond donors (Lipinski definition) is 0. The maximum atomic E-state index is 11.7. The molecule has 2 rings (SSSR count). The number of aliphatic imine (C=N–C) groups is 1. The normalized spacial score (nSPS) is 23.1. The zero-order valence-electron chi connectivity index (χ0n) is 14.3. The molecule has 1 unspecified atom stereocenters. The van der Waals surface area contributed by atoms with Crippen LogP contribution in [-0.2, 0) is 4.79 Å². The molecule has 0 aromatic rings. The molecule has 1 saturated heterocycles. The number of hydrogen-bond acceptors (Lipinski definition) is 3. The number of amidine groups is 1. The predicted molar refractivity (Wildman–Crippen MR) is 87.3 cm³/mol. The Kier molecular flexibility index (Phi) is 10.3. The van der Waals surface area contributed by atoms with Crippen molar-refractivity contribution < 1.29 is 4.79 Å². The molecule has 4 heteroatoms.